The molecule has 0 amide bonds. The maximum Gasteiger partial charge on any atom is 0.122 e. The molecule has 84 valence electrons. The number of hydrogen-bond donors (Lipinski definition) is 1. The van der Waals surface area contributed by atoms with Gasteiger partial charge in [-0.25, -0.2) is 0 Å². The highest BCUT2D eigenvalue weighted by Gasteiger charge is 2.13. The molecule has 1 aromatic carbocycles. The summed E-state index contributed by atoms with van der Waals surface area (Å²) < 4.78 is 5.62. The molecule has 0 aromatic heterocycles. The molecule has 1 rings (SSSR count). The van der Waals surface area contributed by atoms with Crippen molar-refractivity contribution < 1.29 is 9.84 Å². The standard InChI is InChI=1S/C13H20O2/c1-4-11-6-8-12(9-7-11)15-10(3)13(14)5-2/h6-10,13-14H,4-5H2,1-3H3. The van der Waals surface area contributed by atoms with Gasteiger partial charge < -0.3 is 9.84 Å². The molecule has 0 aliphatic carbocycles. The molecule has 0 saturated heterocycles. The van der Waals surface area contributed by atoms with Gasteiger partial charge in [-0.15, -0.1) is 0 Å². The molecule has 0 aliphatic rings. The molecule has 0 radical (unpaired) electrons. The Bertz CT molecular complexity index is 279. The van der Waals surface area contributed by atoms with Crippen LogP contribution in [0.4, 0.5) is 0 Å². The molecular weight excluding hydrogens is 188 g/mol. The second kappa shape index (κ2) is 5.76. The van der Waals surface area contributed by atoms with Gasteiger partial charge in [0, 0.05) is 0 Å². The van der Waals surface area contributed by atoms with Crippen LogP contribution < -0.4 is 4.74 Å². The first-order valence-electron chi connectivity index (χ1n) is 5.61. The van der Waals surface area contributed by atoms with E-state index in [1.54, 1.807) is 0 Å². The lowest BCUT2D eigenvalue weighted by Crippen LogP contribution is -2.27. The quantitative estimate of drug-likeness (QED) is 0.806. The summed E-state index contributed by atoms with van der Waals surface area (Å²) in [5.41, 5.74) is 1.30. The Labute approximate surface area is 91.9 Å². The van der Waals surface area contributed by atoms with Crippen molar-refractivity contribution in [3.05, 3.63) is 29.8 Å². The summed E-state index contributed by atoms with van der Waals surface area (Å²) in [6, 6.07) is 8.02. The average molecular weight is 208 g/mol. The van der Waals surface area contributed by atoms with Crippen LogP contribution in [0.2, 0.25) is 0 Å². The maximum atomic E-state index is 9.56. The highest BCUT2D eigenvalue weighted by Crippen LogP contribution is 2.15. The Kier molecular flexibility index (Phi) is 4.63. The maximum absolute atomic E-state index is 9.56. The minimum absolute atomic E-state index is 0.150. The molecule has 0 saturated carbocycles. The summed E-state index contributed by atoms with van der Waals surface area (Å²) >= 11 is 0. The van der Waals surface area contributed by atoms with Gasteiger partial charge in [0.05, 0.1) is 6.10 Å². The van der Waals surface area contributed by atoms with Gasteiger partial charge in [0.25, 0.3) is 0 Å². The molecular formula is C13H20O2. The van der Waals surface area contributed by atoms with Crippen molar-refractivity contribution >= 4 is 0 Å². The Balaban J connectivity index is 2.57. The number of ether oxygens (including phenoxy) is 1. The summed E-state index contributed by atoms with van der Waals surface area (Å²) in [5, 5.41) is 9.56. The first kappa shape index (κ1) is 12.1. The lowest BCUT2D eigenvalue weighted by Gasteiger charge is -2.19. The van der Waals surface area contributed by atoms with E-state index in [4.69, 9.17) is 4.74 Å². The van der Waals surface area contributed by atoms with Crippen LogP contribution in [-0.4, -0.2) is 17.3 Å². The van der Waals surface area contributed by atoms with Crippen LogP contribution in [0, 0.1) is 0 Å². The fraction of sp³-hybridized carbons (Fsp3) is 0.538. The molecule has 1 N–H and O–H groups in total. The van der Waals surface area contributed by atoms with Gasteiger partial charge in [-0.2, -0.15) is 0 Å². The van der Waals surface area contributed by atoms with Crippen LogP contribution in [0.3, 0.4) is 0 Å². The van der Waals surface area contributed by atoms with E-state index >= 15 is 0 Å². The summed E-state index contributed by atoms with van der Waals surface area (Å²) in [5.74, 6) is 0.826. The van der Waals surface area contributed by atoms with Crippen LogP contribution in [0.15, 0.2) is 24.3 Å². The van der Waals surface area contributed by atoms with Crippen molar-refractivity contribution in [2.45, 2.75) is 45.8 Å². The van der Waals surface area contributed by atoms with E-state index in [1.807, 2.05) is 26.0 Å². The van der Waals surface area contributed by atoms with Crippen LogP contribution in [-0.2, 0) is 6.42 Å². The van der Waals surface area contributed by atoms with E-state index < -0.39 is 6.10 Å². The van der Waals surface area contributed by atoms with Crippen molar-refractivity contribution in [3.8, 4) is 5.75 Å². The van der Waals surface area contributed by atoms with Gasteiger partial charge in [-0.05, 0) is 37.5 Å². The molecule has 2 nitrogen and oxygen atoms in total. The Morgan fingerprint density at radius 3 is 2.27 bits per heavy atom. The number of aryl methyl sites for hydroxylation is 1. The third-order valence-corrected chi connectivity index (χ3v) is 2.61. The molecule has 2 heteroatoms. The van der Waals surface area contributed by atoms with Crippen molar-refractivity contribution in [2.75, 3.05) is 0 Å². The average Bonchev–Trinajstić information content (AvgIpc) is 2.29. The highest BCUT2D eigenvalue weighted by molar-refractivity contribution is 5.27. The van der Waals surface area contributed by atoms with Crippen molar-refractivity contribution in [1.82, 2.24) is 0 Å². The molecule has 0 spiro atoms. The van der Waals surface area contributed by atoms with Gasteiger partial charge in [-0.1, -0.05) is 26.0 Å². The summed E-state index contributed by atoms with van der Waals surface area (Å²) in [4.78, 5) is 0. The Hall–Kier alpha value is -1.02. The molecule has 2 atom stereocenters. The van der Waals surface area contributed by atoms with Crippen LogP contribution in [0.1, 0.15) is 32.8 Å². The third-order valence-electron chi connectivity index (χ3n) is 2.61. The summed E-state index contributed by atoms with van der Waals surface area (Å²) in [6.07, 6.45) is 1.21. The van der Waals surface area contributed by atoms with E-state index in [9.17, 15) is 5.11 Å². The topological polar surface area (TPSA) is 29.5 Å². The van der Waals surface area contributed by atoms with Gasteiger partial charge in [0.15, 0.2) is 0 Å². The third kappa shape index (κ3) is 3.56. The monoisotopic (exact) mass is 208 g/mol. The molecule has 15 heavy (non-hydrogen) atoms. The number of rotatable bonds is 5. The first-order valence-corrected chi connectivity index (χ1v) is 5.61. The number of hydrogen-bond acceptors (Lipinski definition) is 2. The van der Waals surface area contributed by atoms with Crippen molar-refractivity contribution in [3.63, 3.8) is 0 Å². The van der Waals surface area contributed by atoms with Crippen molar-refractivity contribution in [2.24, 2.45) is 0 Å². The van der Waals surface area contributed by atoms with E-state index in [0.29, 0.717) is 6.42 Å². The van der Waals surface area contributed by atoms with Gasteiger partial charge in [0.1, 0.15) is 11.9 Å². The first-order chi connectivity index (χ1) is 7.17. The van der Waals surface area contributed by atoms with Crippen LogP contribution >= 0.6 is 0 Å². The Morgan fingerprint density at radius 2 is 1.80 bits per heavy atom. The minimum atomic E-state index is -0.393. The predicted octanol–water partition coefficient (Wildman–Crippen LogP) is 2.79. The largest absolute Gasteiger partial charge is 0.488 e. The SMILES string of the molecule is CCc1ccc(OC(C)C(O)CC)cc1. The zero-order valence-electron chi connectivity index (χ0n) is 9.73. The molecule has 2 unspecified atom stereocenters. The van der Waals surface area contributed by atoms with Gasteiger partial charge in [0.2, 0.25) is 0 Å². The second-order valence-electron chi connectivity index (χ2n) is 3.80. The predicted molar refractivity (Wildman–Crippen MR) is 62.2 cm³/mol. The Morgan fingerprint density at radius 1 is 1.20 bits per heavy atom. The van der Waals surface area contributed by atoms with Crippen LogP contribution in [0.5, 0.6) is 5.75 Å². The zero-order chi connectivity index (χ0) is 11.3. The minimum Gasteiger partial charge on any atom is -0.488 e. The molecule has 1 aromatic rings. The molecule has 0 bridgehead atoms. The highest BCUT2D eigenvalue weighted by atomic mass is 16.5. The molecule has 0 aliphatic heterocycles. The van der Waals surface area contributed by atoms with E-state index in [0.717, 1.165) is 12.2 Å². The summed E-state index contributed by atoms with van der Waals surface area (Å²) in [7, 11) is 0. The molecule has 0 heterocycles. The van der Waals surface area contributed by atoms with Crippen LogP contribution in [0.25, 0.3) is 0 Å². The zero-order valence-corrected chi connectivity index (χ0v) is 9.73. The smallest absolute Gasteiger partial charge is 0.122 e. The number of aliphatic hydroxyl groups is 1. The van der Waals surface area contributed by atoms with E-state index in [2.05, 4.69) is 19.1 Å². The normalized spacial score (nSPS) is 14.7. The second-order valence-corrected chi connectivity index (χ2v) is 3.80. The lowest BCUT2D eigenvalue weighted by molar-refractivity contribution is 0.0451. The fourth-order valence-electron chi connectivity index (χ4n) is 1.43. The molecule has 0 fully saturated rings. The van der Waals surface area contributed by atoms with Gasteiger partial charge >= 0.3 is 0 Å². The lowest BCUT2D eigenvalue weighted by atomic mass is 10.1. The fourth-order valence-corrected chi connectivity index (χ4v) is 1.43. The summed E-state index contributed by atoms with van der Waals surface area (Å²) in [6.45, 7) is 5.96. The van der Waals surface area contributed by atoms with E-state index in [1.165, 1.54) is 5.56 Å². The van der Waals surface area contributed by atoms with Gasteiger partial charge in [-0.3, -0.25) is 0 Å². The number of aliphatic hydroxyl groups excluding tert-OH is 1. The van der Waals surface area contributed by atoms with E-state index in [-0.39, 0.29) is 6.10 Å². The number of benzene rings is 1. The van der Waals surface area contributed by atoms with Crippen molar-refractivity contribution in [1.29, 1.82) is 0 Å².